The third kappa shape index (κ3) is 4.11. The van der Waals surface area contributed by atoms with Crippen LogP contribution in [0.2, 0.25) is 0 Å². The van der Waals surface area contributed by atoms with E-state index in [0.29, 0.717) is 19.3 Å². The van der Waals surface area contributed by atoms with E-state index in [4.69, 9.17) is 9.47 Å². The highest BCUT2D eigenvalue weighted by Gasteiger charge is 2.12. The molecule has 1 unspecified atom stereocenters. The molecular formula is C15H24N2O2. The second kappa shape index (κ2) is 6.78. The molecule has 2 rings (SSSR count). The summed E-state index contributed by atoms with van der Waals surface area (Å²) in [5, 5.41) is 3.53. The van der Waals surface area contributed by atoms with Gasteiger partial charge >= 0.3 is 0 Å². The fourth-order valence-corrected chi connectivity index (χ4v) is 2.15. The van der Waals surface area contributed by atoms with Gasteiger partial charge in [-0.05, 0) is 38.2 Å². The summed E-state index contributed by atoms with van der Waals surface area (Å²) < 4.78 is 11.1. The van der Waals surface area contributed by atoms with Gasteiger partial charge in [-0.3, -0.25) is 0 Å². The summed E-state index contributed by atoms with van der Waals surface area (Å²) >= 11 is 0. The second-order valence-corrected chi connectivity index (χ2v) is 5.11. The van der Waals surface area contributed by atoms with Crippen LogP contribution in [0.3, 0.4) is 0 Å². The van der Waals surface area contributed by atoms with Crippen molar-refractivity contribution in [3.63, 3.8) is 0 Å². The molecule has 19 heavy (non-hydrogen) atoms. The van der Waals surface area contributed by atoms with Crippen LogP contribution in [0.1, 0.15) is 19.4 Å². The first-order valence-electron chi connectivity index (χ1n) is 6.99. The van der Waals surface area contributed by atoms with Gasteiger partial charge in [0.25, 0.3) is 0 Å². The number of hydrogen-bond donors (Lipinski definition) is 1. The lowest BCUT2D eigenvalue weighted by Gasteiger charge is -2.22. The number of ether oxygens (including phenoxy) is 2. The average Bonchev–Trinajstić information content (AvgIpc) is 2.44. The minimum Gasteiger partial charge on any atom is -0.486 e. The van der Waals surface area contributed by atoms with E-state index in [9.17, 15) is 0 Å². The SMILES string of the molecule is CCN(C)CC(C)NCc1ccc2c(c1)OCCO2. The zero-order valence-corrected chi connectivity index (χ0v) is 12.1. The van der Waals surface area contributed by atoms with E-state index in [1.807, 2.05) is 6.07 Å². The van der Waals surface area contributed by atoms with Crippen LogP contribution in [-0.4, -0.2) is 44.3 Å². The Balaban J connectivity index is 1.86. The van der Waals surface area contributed by atoms with E-state index >= 15 is 0 Å². The Morgan fingerprint density at radius 3 is 2.74 bits per heavy atom. The van der Waals surface area contributed by atoms with Gasteiger partial charge in [0.05, 0.1) is 0 Å². The molecule has 0 fully saturated rings. The first-order chi connectivity index (χ1) is 9.19. The Bertz CT molecular complexity index is 409. The van der Waals surface area contributed by atoms with Gasteiger partial charge in [0, 0.05) is 19.1 Å². The molecule has 106 valence electrons. The maximum atomic E-state index is 5.59. The van der Waals surface area contributed by atoms with Crippen LogP contribution >= 0.6 is 0 Å². The molecule has 1 aliphatic heterocycles. The first kappa shape index (κ1) is 14.2. The molecule has 0 spiro atoms. The molecule has 1 atom stereocenters. The molecule has 0 saturated carbocycles. The van der Waals surface area contributed by atoms with Gasteiger partial charge in [0.15, 0.2) is 11.5 Å². The van der Waals surface area contributed by atoms with Crippen LogP contribution in [0.4, 0.5) is 0 Å². The van der Waals surface area contributed by atoms with E-state index in [1.54, 1.807) is 0 Å². The lowest BCUT2D eigenvalue weighted by Crippen LogP contribution is -2.36. The topological polar surface area (TPSA) is 33.7 Å². The maximum absolute atomic E-state index is 5.59. The highest BCUT2D eigenvalue weighted by Crippen LogP contribution is 2.30. The standard InChI is InChI=1S/C15H24N2O2/c1-4-17(3)11-12(2)16-10-13-5-6-14-15(9-13)19-8-7-18-14/h5-6,9,12,16H,4,7-8,10-11H2,1-3H3. The van der Waals surface area contributed by atoms with Crippen molar-refractivity contribution >= 4 is 0 Å². The molecule has 0 amide bonds. The van der Waals surface area contributed by atoms with Gasteiger partial charge in [-0.1, -0.05) is 13.0 Å². The largest absolute Gasteiger partial charge is 0.486 e. The van der Waals surface area contributed by atoms with E-state index in [1.165, 1.54) is 5.56 Å². The minimum atomic E-state index is 0.471. The summed E-state index contributed by atoms with van der Waals surface area (Å²) in [5.41, 5.74) is 1.23. The lowest BCUT2D eigenvalue weighted by molar-refractivity contribution is 0.171. The molecule has 0 aromatic heterocycles. The van der Waals surface area contributed by atoms with Crippen molar-refractivity contribution in [2.24, 2.45) is 0 Å². The molecule has 1 aromatic rings. The molecular weight excluding hydrogens is 240 g/mol. The smallest absolute Gasteiger partial charge is 0.161 e. The monoisotopic (exact) mass is 264 g/mol. The Morgan fingerprint density at radius 2 is 2.00 bits per heavy atom. The quantitative estimate of drug-likeness (QED) is 0.850. The zero-order chi connectivity index (χ0) is 13.7. The number of benzene rings is 1. The number of nitrogens with zero attached hydrogens (tertiary/aromatic N) is 1. The predicted octanol–water partition coefficient (Wildman–Crippen LogP) is 1.89. The maximum Gasteiger partial charge on any atom is 0.161 e. The van der Waals surface area contributed by atoms with Crippen LogP contribution in [0.25, 0.3) is 0 Å². The molecule has 0 radical (unpaired) electrons. The Hall–Kier alpha value is -1.26. The molecule has 0 bridgehead atoms. The fraction of sp³-hybridized carbons (Fsp3) is 0.600. The summed E-state index contributed by atoms with van der Waals surface area (Å²) in [5.74, 6) is 1.72. The van der Waals surface area contributed by atoms with Crippen molar-refractivity contribution in [1.29, 1.82) is 0 Å². The average molecular weight is 264 g/mol. The third-order valence-corrected chi connectivity index (χ3v) is 3.39. The number of rotatable bonds is 6. The summed E-state index contributed by atoms with van der Waals surface area (Å²) in [4.78, 5) is 2.31. The summed E-state index contributed by atoms with van der Waals surface area (Å²) in [6.45, 7) is 8.66. The van der Waals surface area contributed by atoms with Crippen molar-refractivity contribution in [2.75, 3.05) is 33.4 Å². The van der Waals surface area contributed by atoms with Crippen LogP contribution in [0.15, 0.2) is 18.2 Å². The van der Waals surface area contributed by atoms with Gasteiger partial charge in [-0.2, -0.15) is 0 Å². The molecule has 1 N–H and O–H groups in total. The number of fused-ring (bicyclic) bond motifs is 1. The Kier molecular flexibility index (Phi) is 5.05. The normalized spacial score (nSPS) is 15.6. The molecule has 1 aromatic carbocycles. The summed E-state index contributed by atoms with van der Waals surface area (Å²) in [6.07, 6.45) is 0. The van der Waals surface area contributed by atoms with Gasteiger partial charge in [0.1, 0.15) is 13.2 Å². The molecule has 1 heterocycles. The van der Waals surface area contributed by atoms with Crippen molar-refractivity contribution in [3.8, 4) is 11.5 Å². The number of hydrogen-bond acceptors (Lipinski definition) is 4. The van der Waals surface area contributed by atoms with Crippen molar-refractivity contribution in [1.82, 2.24) is 10.2 Å². The van der Waals surface area contributed by atoms with Crippen molar-refractivity contribution in [3.05, 3.63) is 23.8 Å². The number of likely N-dealkylation sites (N-methyl/N-ethyl adjacent to an activating group) is 1. The van der Waals surface area contributed by atoms with Gasteiger partial charge < -0.3 is 19.7 Å². The molecule has 1 aliphatic rings. The van der Waals surface area contributed by atoms with Gasteiger partial charge in [-0.15, -0.1) is 0 Å². The van der Waals surface area contributed by atoms with Crippen molar-refractivity contribution < 1.29 is 9.47 Å². The highest BCUT2D eigenvalue weighted by atomic mass is 16.6. The van der Waals surface area contributed by atoms with E-state index in [-0.39, 0.29) is 0 Å². The Labute approximate surface area is 115 Å². The Morgan fingerprint density at radius 1 is 1.26 bits per heavy atom. The second-order valence-electron chi connectivity index (χ2n) is 5.11. The third-order valence-electron chi connectivity index (χ3n) is 3.39. The van der Waals surface area contributed by atoms with Crippen LogP contribution < -0.4 is 14.8 Å². The van der Waals surface area contributed by atoms with E-state index < -0.39 is 0 Å². The van der Waals surface area contributed by atoms with E-state index in [0.717, 1.165) is 31.1 Å². The molecule has 4 heteroatoms. The predicted molar refractivity (Wildman–Crippen MR) is 76.9 cm³/mol. The van der Waals surface area contributed by atoms with Crippen molar-refractivity contribution in [2.45, 2.75) is 26.4 Å². The van der Waals surface area contributed by atoms with Crippen LogP contribution in [0, 0.1) is 0 Å². The van der Waals surface area contributed by atoms with Gasteiger partial charge in [-0.25, -0.2) is 0 Å². The first-order valence-corrected chi connectivity index (χ1v) is 6.99. The summed E-state index contributed by atoms with van der Waals surface area (Å²) in [6, 6.07) is 6.63. The van der Waals surface area contributed by atoms with Gasteiger partial charge in [0.2, 0.25) is 0 Å². The fourth-order valence-electron chi connectivity index (χ4n) is 2.15. The molecule has 0 saturated heterocycles. The van der Waals surface area contributed by atoms with E-state index in [2.05, 4.69) is 43.2 Å². The zero-order valence-electron chi connectivity index (χ0n) is 12.1. The number of nitrogens with one attached hydrogen (secondary N) is 1. The lowest BCUT2D eigenvalue weighted by atomic mass is 10.2. The van der Waals surface area contributed by atoms with Crippen LogP contribution in [0.5, 0.6) is 11.5 Å². The molecule has 0 aliphatic carbocycles. The summed E-state index contributed by atoms with van der Waals surface area (Å²) in [7, 11) is 2.14. The minimum absolute atomic E-state index is 0.471. The molecule has 4 nitrogen and oxygen atoms in total. The highest BCUT2D eigenvalue weighted by molar-refractivity contribution is 5.43. The van der Waals surface area contributed by atoms with Crippen LogP contribution in [-0.2, 0) is 6.54 Å².